The molecular formula is C15H19BrCl2. The molecule has 0 saturated heterocycles. The molecule has 1 fully saturated rings. The van der Waals surface area contributed by atoms with Gasteiger partial charge in [-0.1, -0.05) is 83.7 Å². The predicted molar refractivity (Wildman–Crippen MR) is 83.9 cm³/mol. The molecule has 0 N–H and O–H groups in total. The van der Waals surface area contributed by atoms with Gasteiger partial charge in [-0.2, -0.15) is 0 Å². The topological polar surface area (TPSA) is 0 Å². The summed E-state index contributed by atoms with van der Waals surface area (Å²) in [6.45, 7) is 0. The molecule has 1 unspecified atom stereocenters. The lowest BCUT2D eigenvalue weighted by Crippen LogP contribution is -2.03. The van der Waals surface area contributed by atoms with E-state index in [0.717, 1.165) is 10.9 Å². The summed E-state index contributed by atoms with van der Waals surface area (Å²) in [6.07, 6.45) is 9.51. The minimum atomic E-state index is 0.352. The Morgan fingerprint density at radius 2 is 1.78 bits per heavy atom. The van der Waals surface area contributed by atoms with E-state index in [1.807, 2.05) is 18.2 Å². The zero-order valence-electron chi connectivity index (χ0n) is 10.5. The molecule has 1 atom stereocenters. The van der Waals surface area contributed by atoms with Crippen molar-refractivity contribution in [2.45, 2.75) is 49.8 Å². The Morgan fingerprint density at radius 1 is 1.11 bits per heavy atom. The van der Waals surface area contributed by atoms with Crippen LogP contribution in [0, 0.1) is 5.92 Å². The van der Waals surface area contributed by atoms with Gasteiger partial charge >= 0.3 is 0 Å². The number of benzene rings is 1. The molecule has 0 spiro atoms. The Labute approximate surface area is 128 Å². The molecule has 0 amide bonds. The van der Waals surface area contributed by atoms with Crippen LogP contribution >= 0.6 is 39.1 Å². The van der Waals surface area contributed by atoms with Gasteiger partial charge in [0.1, 0.15) is 0 Å². The molecule has 1 aliphatic carbocycles. The smallest absolute Gasteiger partial charge is 0.0464 e. The second-order valence-electron chi connectivity index (χ2n) is 5.23. The molecule has 0 radical (unpaired) electrons. The van der Waals surface area contributed by atoms with Crippen LogP contribution < -0.4 is 0 Å². The monoisotopic (exact) mass is 348 g/mol. The molecule has 100 valence electrons. The van der Waals surface area contributed by atoms with E-state index in [0.29, 0.717) is 9.85 Å². The van der Waals surface area contributed by atoms with E-state index in [9.17, 15) is 0 Å². The second-order valence-corrected chi connectivity index (χ2v) is 7.18. The molecule has 0 heterocycles. The quantitative estimate of drug-likeness (QED) is 0.416. The molecule has 0 aliphatic heterocycles. The first kappa shape index (κ1) is 14.7. The molecule has 1 aromatic rings. The Hall–Kier alpha value is 0.280. The van der Waals surface area contributed by atoms with Gasteiger partial charge in [-0.3, -0.25) is 0 Å². The van der Waals surface area contributed by atoms with Crippen LogP contribution in [0.3, 0.4) is 0 Å². The highest BCUT2D eigenvalue weighted by Crippen LogP contribution is 2.39. The molecule has 1 saturated carbocycles. The lowest BCUT2D eigenvalue weighted by molar-refractivity contribution is 0.427. The fraction of sp³-hybridized carbons (Fsp3) is 0.600. The van der Waals surface area contributed by atoms with Crippen molar-refractivity contribution >= 4 is 39.1 Å². The van der Waals surface area contributed by atoms with Gasteiger partial charge in [0.05, 0.1) is 0 Å². The largest absolute Gasteiger partial charge is 0.0843 e. The first-order chi connectivity index (χ1) is 8.66. The van der Waals surface area contributed by atoms with Crippen LogP contribution in [-0.4, -0.2) is 0 Å². The Kier molecular flexibility index (Phi) is 5.85. The zero-order chi connectivity index (χ0) is 13.0. The lowest BCUT2D eigenvalue weighted by Gasteiger charge is -2.19. The van der Waals surface area contributed by atoms with Gasteiger partial charge in [-0.05, 0) is 30.0 Å². The van der Waals surface area contributed by atoms with Crippen LogP contribution in [0.5, 0.6) is 0 Å². The lowest BCUT2D eigenvalue weighted by atomic mass is 9.93. The van der Waals surface area contributed by atoms with Crippen molar-refractivity contribution in [1.29, 1.82) is 0 Å². The summed E-state index contributed by atoms with van der Waals surface area (Å²) in [4.78, 5) is 0.352. The Bertz CT molecular complexity index is 384. The zero-order valence-corrected chi connectivity index (χ0v) is 13.6. The molecule has 1 aromatic carbocycles. The van der Waals surface area contributed by atoms with Crippen molar-refractivity contribution < 1.29 is 0 Å². The second kappa shape index (κ2) is 7.17. The summed E-state index contributed by atoms with van der Waals surface area (Å²) in [5.74, 6) is 0.837. The maximum atomic E-state index is 6.26. The van der Waals surface area contributed by atoms with Gasteiger partial charge in [-0.25, -0.2) is 0 Å². The number of alkyl halides is 1. The number of halogens is 3. The third-order valence-electron chi connectivity index (χ3n) is 3.81. The summed E-state index contributed by atoms with van der Waals surface area (Å²) in [5.41, 5.74) is 1.17. The standard InChI is InChI=1S/C15H19BrCl2/c16-14(9-11-5-3-1-2-4-6-11)13-8-7-12(17)10-15(13)18/h7-8,10-11,14H,1-6,9H2. The van der Waals surface area contributed by atoms with Gasteiger partial charge in [0.15, 0.2) is 0 Å². The minimum Gasteiger partial charge on any atom is -0.0843 e. The fourth-order valence-electron chi connectivity index (χ4n) is 2.77. The van der Waals surface area contributed by atoms with Crippen molar-refractivity contribution in [3.63, 3.8) is 0 Å². The predicted octanol–water partition coefficient (Wildman–Crippen LogP) is 6.79. The molecule has 3 heteroatoms. The molecule has 2 rings (SSSR count). The summed E-state index contributed by atoms with van der Waals surface area (Å²) >= 11 is 16.0. The summed E-state index contributed by atoms with van der Waals surface area (Å²) in [7, 11) is 0. The van der Waals surface area contributed by atoms with E-state index in [1.165, 1.54) is 50.5 Å². The van der Waals surface area contributed by atoms with E-state index in [4.69, 9.17) is 23.2 Å². The third-order valence-corrected chi connectivity index (χ3v) is 5.24. The highest BCUT2D eigenvalue weighted by atomic mass is 79.9. The molecule has 0 bridgehead atoms. The maximum Gasteiger partial charge on any atom is 0.0464 e. The van der Waals surface area contributed by atoms with Crippen molar-refractivity contribution in [1.82, 2.24) is 0 Å². The first-order valence-corrected chi connectivity index (χ1v) is 8.43. The third kappa shape index (κ3) is 4.15. The van der Waals surface area contributed by atoms with E-state index in [2.05, 4.69) is 15.9 Å². The van der Waals surface area contributed by atoms with E-state index in [1.54, 1.807) is 0 Å². The fourth-order valence-corrected chi connectivity index (χ4v) is 4.37. The van der Waals surface area contributed by atoms with Crippen molar-refractivity contribution in [2.24, 2.45) is 5.92 Å². The summed E-state index contributed by atoms with van der Waals surface area (Å²) in [6, 6.07) is 5.80. The SMILES string of the molecule is Clc1ccc(C(Br)CC2CCCCCC2)c(Cl)c1. The Morgan fingerprint density at radius 3 is 2.39 bits per heavy atom. The average Bonchev–Trinajstić information content (AvgIpc) is 2.57. The van der Waals surface area contributed by atoms with Crippen molar-refractivity contribution in [3.05, 3.63) is 33.8 Å². The highest BCUT2D eigenvalue weighted by molar-refractivity contribution is 9.09. The molecule has 1 aliphatic rings. The van der Waals surface area contributed by atoms with Crippen LogP contribution in [0.1, 0.15) is 55.3 Å². The van der Waals surface area contributed by atoms with Crippen LogP contribution in [0.25, 0.3) is 0 Å². The van der Waals surface area contributed by atoms with Gasteiger partial charge in [0.2, 0.25) is 0 Å². The molecular weight excluding hydrogens is 331 g/mol. The molecule has 0 aromatic heterocycles. The van der Waals surface area contributed by atoms with Gasteiger partial charge in [0, 0.05) is 14.9 Å². The van der Waals surface area contributed by atoms with Crippen LogP contribution in [-0.2, 0) is 0 Å². The van der Waals surface area contributed by atoms with E-state index < -0.39 is 0 Å². The minimum absolute atomic E-state index is 0.352. The van der Waals surface area contributed by atoms with Crippen molar-refractivity contribution in [3.8, 4) is 0 Å². The normalized spacial score (nSPS) is 19.5. The van der Waals surface area contributed by atoms with Crippen molar-refractivity contribution in [2.75, 3.05) is 0 Å². The van der Waals surface area contributed by atoms with Crippen LogP contribution in [0.2, 0.25) is 10.0 Å². The number of hydrogen-bond acceptors (Lipinski definition) is 0. The van der Waals surface area contributed by atoms with Crippen LogP contribution in [0.15, 0.2) is 18.2 Å². The summed E-state index contributed by atoms with van der Waals surface area (Å²) < 4.78 is 0. The van der Waals surface area contributed by atoms with Crippen LogP contribution in [0.4, 0.5) is 0 Å². The molecule has 0 nitrogen and oxygen atoms in total. The Balaban J connectivity index is 1.99. The highest BCUT2D eigenvalue weighted by Gasteiger charge is 2.19. The van der Waals surface area contributed by atoms with E-state index >= 15 is 0 Å². The van der Waals surface area contributed by atoms with Gasteiger partial charge in [-0.15, -0.1) is 0 Å². The maximum absolute atomic E-state index is 6.26. The average molecular weight is 350 g/mol. The van der Waals surface area contributed by atoms with Gasteiger partial charge in [0.25, 0.3) is 0 Å². The van der Waals surface area contributed by atoms with E-state index in [-0.39, 0.29) is 0 Å². The summed E-state index contributed by atoms with van der Waals surface area (Å²) in [5, 5.41) is 1.48. The first-order valence-electron chi connectivity index (χ1n) is 6.76. The number of rotatable bonds is 3. The number of hydrogen-bond donors (Lipinski definition) is 0. The molecule has 18 heavy (non-hydrogen) atoms. The van der Waals surface area contributed by atoms with Gasteiger partial charge < -0.3 is 0 Å².